The molecule has 1 saturated carbocycles. The number of rotatable bonds is 6. The van der Waals surface area contributed by atoms with Crippen LogP contribution in [-0.2, 0) is 29.6 Å². The topological polar surface area (TPSA) is 119 Å². The summed E-state index contributed by atoms with van der Waals surface area (Å²) in [5.41, 5.74) is 0. The lowest BCUT2D eigenvalue weighted by atomic mass is 9.77. The Morgan fingerprint density at radius 2 is 2.00 bits per heavy atom. The van der Waals surface area contributed by atoms with Crippen LogP contribution < -0.4 is 9.44 Å². The highest BCUT2D eigenvalue weighted by Gasteiger charge is 2.50. The van der Waals surface area contributed by atoms with E-state index < -0.39 is 20.0 Å². The van der Waals surface area contributed by atoms with Gasteiger partial charge in [0.15, 0.2) is 0 Å². The highest BCUT2D eigenvalue weighted by atomic mass is 32.2. The minimum Gasteiger partial charge on any atom is -0.462 e. The number of hydrogen-bond acceptors (Lipinski definition) is 6. The predicted molar refractivity (Wildman–Crippen MR) is 66.2 cm³/mol. The van der Waals surface area contributed by atoms with Crippen LogP contribution in [0.3, 0.4) is 0 Å². The third-order valence-corrected chi connectivity index (χ3v) is 5.36. The second-order valence-corrected chi connectivity index (χ2v) is 8.55. The van der Waals surface area contributed by atoms with Crippen molar-refractivity contribution in [3.63, 3.8) is 0 Å². The molecule has 2 aliphatic rings. The molecule has 0 bridgehead atoms. The number of esters is 1. The average Bonchev–Trinajstić information content (AvgIpc) is 2.50. The Kier molecular flexibility index (Phi) is 3.87. The maximum atomic E-state index is 11.7. The molecule has 0 radical (unpaired) electrons. The standard InChI is InChI=1S/C9H16N2O6S2/c1-18(13,14)10-2-3-19(15,16)11-7-5-8-6(7)4-9(12)17-8/h6-8,10-11H,2-5H2,1H3/t6-,7+,8+/m0/s1. The maximum Gasteiger partial charge on any atom is 0.306 e. The Balaban J connectivity index is 1.80. The van der Waals surface area contributed by atoms with Crippen LogP contribution in [0.2, 0.25) is 0 Å². The predicted octanol–water partition coefficient (Wildman–Crippen LogP) is -1.84. The third kappa shape index (κ3) is 3.88. The molecule has 3 atom stereocenters. The largest absolute Gasteiger partial charge is 0.462 e. The van der Waals surface area contributed by atoms with E-state index in [1.54, 1.807) is 0 Å². The van der Waals surface area contributed by atoms with E-state index in [2.05, 4.69) is 9.44 Å². The van der Waals surface area contributed by atoms with E-state index in [4.69, 9.17) is 4.74 Å². The van der Waals surface area contributed by atoms with Crippen molar-refractivity contribution >= 4 is 26.0 Å². The Morgan fingerprint density at radius 3 is 2.58 bits per heavy atom. The van der Waals surface area contributed by atoms with Crippen molar-refractivity contribution < 1.29 is 26.4 Å². The third-order valence-electron chi connectivity index (χ3n) is 3.23. The molecule has 2 fully saturated rings. The molecule has 0 aromatic rings. The van der Waals surface area contributed by atoms with Gasteiger partial charge in [0.1, 0.15) is 6.10 Å². The van der Waals surface area contributed by atoms with E-state index in [0.29, 0.717) is 6.42 Å². The van der Waals surface area contributed by atoms with Gasteiger partial charge in [-0.2, -0.15) is 0 Å². The summed E-state index contributed by atoms with van der Waals surface area (Å²) in [4.78, 5) is 11.0. The molecule has 0 spiro atoms. The Morgan fingerprint density at radius 1 is 1.32 bits per heavy atom. The van der Waals surface area contributed by atoms with Gasteiger partial charge >= 0.3 is 5.97 Å². The van der Waals surface area contributed by atoms with Gasteiger partial charge in [-0.1, -0.05) is 0 Å². The van der Waals surface area contributed by atoms with Crippen LogP contribution in [0, 0.1) is 5.92 Å². The molecular weight excluding hydrogens is 296 g/mol. The van der Waals surface area contributed by atoms with Crippen LogP contribution >= 0.6 is 0 Å². The average molecular weight is 312 g/mol. The molecule has 0 amide bonds. The van der Waals surface area contributed by atoms with Gasteiger partial charge in [0.05, 0.1) is 18.4 Å². The first-order valence-corrected chi connectivity index (χ1v) is 9.35. The zero-order valence-corrected chi connectivity index (χ0v) is 12.0. The Bertz CT molecular complexity index is 570. The summed E-state index contributed by atoms with van der Waals surface area (Å²) in [6.45, 7) is -0.176. The summed E-state index contributed by atoms with van der Waals surface area (Å²) in [5, 5.41) is 0. The number of ether oxygens (including phenoxy) is 1. The van der Waals surface area contributed by atoms with Crippen molar-refractivity contribution in [2.75, 3.05) is 18.6 Å². The summed E-state index contributed by atoms with van der Waals surface area (Å²) >= 11 is 0. The molecule has 1 heterocycles. The fourth-order valence-electron chi connectivity index (χ4n) is 2.27. The fourth-order valence-corrected chi connectivity index (χ4v) is 4.09. The molecule has 2 N–H and O–H groups in total. The molecule has 0 aromatic carbocycles. The number of sulfonamides is 2. The van der Waals surface area contributed by atoms with E-state index in [0.717, 1.165) is 6.26 Å². The van der Waals surface area contributed by atoms with Crippen molar-refractivity contribution in [3.05, 3.63) is 0 Å². The molecule has 1 aliphatic heterocycles. The highest BCUT2D eigenvalue weighted by molar-refractivity contribution is 7.90. The smallest absolute Gasteiger partial charge is 0.306 e. The van der Waals surface area contributed by atoms with E-state index in [-0.39, 0.29) is 42.8 Å². The van der Waals surface area contributed by atoms with Gasteiger partial charge in [0.25, 0.3) is 0 Å². The van der Waals surface area contributed by atoms with E-state index in [1.807, 2.05) is 0 Å². The van der Waals surface area contributed by atoms with E-state index >= 15 is 0 Å². The zero-order chi connectivity index (χ0) is 14.3. The van der Waals surface area contributed by atoms with Crippen LogP contribution in [0.4, 0.5) is 0 Å². The number of fused-ring (bicyclic) bond motifs is 1. The monoisotopic (exact) mass is 312 g/mol. The molecular formula is C9H16N2O6S2. The molecule has 2 rings (SSSR count). The van der Waals surface area contributed by atoms with Crippen LogP contribution in [-0.4, -0.2) is 53.5 Å². The van der Waals surface area contributed by atoms with Crippen LogP contribution in [0.15, 0.2) is 0 Å². The lowest BCUT2D eigenvalue weighted by Gasteiger charge is -2.37. The minimum atomic E-state index is -3.56. The molecule has 19 heavy (non-hydrogen) atoms. The lowest BCUT2D eigenvalue weighted by molar-refractivity contribution is -0.143. The molecule has 1 saturated heterocycles. The quantitative estimate of drug-likeness (QED) is 0.556. The zero-order valence-electron chi connectivity index (χ0n) is 10.3. The summed E-state index contributed by atoms with van der Waals surface area (Å²) in [6, 6.07) is -0.292. The summed E-state index contributed by atoms with van der Waals surface area (Å²) in [7, 11) is -6.96. The number of carbonyl (C=O) groups is 1. The van der Waals surface area contributed by atoms with Gasteiger partial charge in [-0.05, 0) is 0 Å². The molecule has 0 unspecified atom stereocenters. The second kappa shape index (κ2) is 5.00. The van der Waals surface area contributed by atoms with Gasteiger partial charge in [-0.3, -0.25) is 4.79 Å². The van der Waals surface area contributed by atoms with Crippen molar-refractivity contribution in [3.8, 4) is 0 Å². The van der Waals surface area contributed by atoms with Crippen molar-refractivity contribution in [1.29, 1.82) is 0 Å². The maximum absolute atomic E-state index is 11.7. The summed E-state index contributed by atoms with van der Waals surface area (Å²) in [5.74, 6) is -0.719. The fraction of sp³-hybridized carbons (Fsp3) is 0.889. The molecule has 0 aromatic heterocycles. The first kappa shape index (κ1) is 14.7. The first-order chi connectivity index (χ1) is 8.66. The summed E-state index contributed by atoms with van der Waals surface area (Å²) < 4.78 is 54.6. The highest BCUT2D eigenvalue weighted by Crippen LogP contribution is 2.39. The van der Waals surface area contributed by atoms with Crippen molar-refractivity contribution in [2.24, 2.45) is 5.92 Å². The Hall–Kier alpha value is -0.710. The van der Waals surface area contributed by atoms with Crippen molar-refractivity contribution in [2.45, 2.75) is 25.0 Å². The first-order valence-electron chi connectivity index (χ1n) is 5.80. The van der Waals surface area contributed by atoms with Crippen LogP contribution in [0.1, 0.15) is 12.8 Å². The Labute approximate surface area is 112 Å². The number of carbonyl (C=O) groups excluding carboxylic acids is 1. The molecule has 8 nitrogen and oxygen atoms in total. The van der Waals surface area contributed by atoms with Gasteiger partial charge < -0.3 is 4.74 Å². The normalized spacial score (nSPS) is 30.6. The minimum absolute atomic E-state index is 0.0925. The van der Waals surface area contributed by atoms with Crippen LogP contribution in [0.25, 0.3) is 0 Å². The van der Waals surface area contributed by atoms with Crippen LogP contribution in [0.5, 0.6) is 0 Å². The second-order valence-electron chi connectivity index (χ2n) is 4.84. The molecule has 110 valence electrons. The number of hydrogen-bond donors (Lipinski definition) is 2. The van der Waals surface area contributed by atoms with Gasteiger partial charge in [-0.15, -0.1) is 0 Å². The van der Waals surface area contributed by atoms with Gasteiger partial charge in [0.2, 0.25) is 20.0 Å². The SMILES string of the molecule is CS(=O)(=O)NCCS(=O)(=O)N[C@@H]1C[C@H]2OC(=O)C[C@@H]12. The van der Waals surface area contributed by atoms with Crippen molar-refractivity contribution in [1.82, 2.24) is 9.44 Å². The number of nitrogens with one attached hydrogen (secondary N) is 2. The summed E-state index contributed by atoms with van der Waals surface area (Å²) in [6.07, 6.45) is 1.51. The lowest BCUT2D eigenvalue weighted by Crippen LogP contribution is -2.54. The van der Waals surface area contributed by atoms with Gasteiger partial charge in [0, 0.05) is 24.9 Å². The van der Waals surface area contributed by atoms with Gasteiger partial charge in [-0.25, -0.2) is 26.3 Å². The van der Waals surface area contributed by atoms with E-state index in [9.17, 15) is 21.6 Å². The molecule has 10 heteroatoms. The van der Waals surface area contributed by atoms with E-state index in [1.165, 1.54) is 0 Å². The molecule has 1 aliphatic carbocycles.